The van der Waals surface area contributed by atoms with E-state index in [9.17, 15) is 0 Å². The van der Waals surface area contributed by atoms with Crippen LogP contribution in [0.25, 0.3) is 0 Å². The number of hydrogen-bond acceptors (Lipinski definition) is 4. The molecule has 0 aliphatic carbocycles. The van der Waals surface area contributed by atoms with Gasteiger partial charge in [-0.15, -0.1) is 11.3 Å². The monoisotopic (exact) mass is 346 g/mol. The minimum absolute atomic E-state index is 0.134. The van der Waals surface area contributed by atoms with Gasteiger partial charge >= 0.3 is 0 Å². The molecule has 1 unspecified atom stereocenters. The van der Waals surface area contributed by atoms with Gasteiger partial charge in [-0.05, 0) is 55.4 Å². The van der Waals surface area contributed by atoms with E-state index in [-0.39, 0.29) is 5.54 Å². The predicted molar refractivity (Wildman–Crippen MR) is 85.0 cm³/mol. The molecule has 1 saturated heterocycles. The molecular weight excluding hydrogens is 324 g/mol. The second kappa shape index (κ2) is 6.68. The molecule has 0 aromatic carbocycles. The van der Waals surface area contributed by atoms with Crippen molar-refractivity contribution in [2.24, 2.45) is 0 Å². The van der Waals surface area contributed by atoms with Crippen LogP contribution >= 0.6 is 27.3 Å². The fourth-order valence-corrected chi connectivity index (χ4v) is 4.26. The molecule has 0 saturated carbocycles. The first-order valence-corrected chi connectivity index (χ1v) is 8.39. The molecule has 1 N–H and O–H groups in total. The number of likely N-dealkylation sites (N-methyl/N-ethyl adjacent to an activating group) is 1. The van der Waals surface area contributed by atoms with Crippen LogP contribution in [0.3, 0.4) is 0 Å². The molecule has 0 radical (unpaired) electrons. The maximum atomic E-state index is 5.46. The molecule has 19 heavy (non-hydrogen) atoms. The quantitative estimate of drug-likeness (QED) is 0.887. The molecule has 1 atom stereocenters. The van der Waals surface area contributed by atoms with Crippen LogP contribution in [0.15, 0.2) is 15.9 Å². The van der Waals surface area contributed by atoms with Gasteiger partial charge in [0.1, 0.15) is 0 Å². The Morgan fingerprint density at radius 1 is 1.42 bits per heavy atom. The van der Waals surface area contributed by atoms with E-state index in [1.165, 1.54) is 8.66 Å². The van der Waals surface area contributed by atoms with E-state index >= 15 is 0 Å². The van der Waals surface area contributed by atoms with Crippen molar-refractivity contribution in [3.63, 3.8) is 0 Å². The van der Waals surface area contributed by atoms with Crippen molar-refractivity contribution in [2.75, 3.05) is 33.4 Å². The summed E-state index contributed by atoms with van der Waals surface area (Å²) >= 11 is 5.37. The third kappa shape index (κ3) is 3.79. The Bertz CT molecular complexity index is 402. The Balaban J connectivity index is 2.06. The summed E-state index contributed by atoms with van der Waals surface area (Å²) < 4.78 is 6.67. The van der Waals surface area contributed by atoms with Gasteiger partial charge in [-0.2, -0.15) is 0 Å². The number of thiophene rings is 1. The average molecular weight is 347 g/mol. The first-order chi connectivity index (χ1) is 9.04. The highest BCUT2D eigenvalue weighted by Gasteiger charge is 2.35. The van der Waals surface area contributed by atoms with E-state index in [2.05, 4.69) is 59.2 Å². The maximum absolute atomic E-state index is 5.46. The van der Waals surface area contributed by atoms with Crippen molar-refractivity contribution >= 4 is 27.3 Å². The number of ether oxygens (including phenoxy) is 1. The molecule has 3 nitrogen and oxygen atoms in total. The van der Waals surface area contributed by atoms with Gasteiger partial charge in [0.05, 0.1) is 17.0 Å². The molecule has 1 aliphatic rings. The lowest BCUT2D eigenvalue weighted by molar-refractivity contribution is -0.0222. The van der Waals surface area contributed by atoms with Crippen molar-refractivity contribution in [1.29, 1.82) is 0 Å². The molecule has 108 valence electrons. The Morgan fingerprint density at radius 3 is 2.63 bits per heavy atom. The summed E-state index contributed by atoms with van der Waals surface area (Å²) in [5.41, 5.74) is 0.134. The van der Waals surface area contributed by atoms with Gasteiger partial charge in [-0.1, -0.05) is 0 Å². The summed E-state index contributed by atoms with van der Waals surface area (Å²) in [6, 6.07) is 4.79. The van der Waals surface area contributed by atoms with Crippen LogP contribution in [-0.4, -0.2) is 49.8 Å². The lowest BCUT2D eigenvalue weighted by Crippen LogP contribution is -2.60. The van der Waals surface area contributed by atoms with Crippen molar-refractivity contribution in [1.82, 2.24) is 10.2 Å². The fourth-order valence-electron chi connectivity index (χ4n) is 2.73. The summed E-state index contributed by atoms with van der Waals surface area (Å²) in [4.78, 5) is 3.97. The molecule has 5 heteroatoms. The highest BCUT2D eigenvalue weighted by atomic mass is 79.9. The van der Waals surface area contributed by atoms with E-state index in [1.54, 1.807) is 0 Å². The molecule has 2 rings (SSSR count). The molecular formula is C14H23BrN2OS. The standard InChI is InChI=1S/C14H23BrN2OS/c1-14(2,17-6-8-18-9-7-17)12(16-3)10-11-4-5-13(15)19-11/h4-5,12,16H,6-10H2,1-3H3. The zero-order chi connectivity index (χ0) is 13.9. The maximum Gasteiger partial charge on any atom is 0.0701 e. The first-order valence-electron chi connectivity index (χ1n) is 6.78. The third-order valence-electron chi connectivity index (χ3n) is 4.06. The molecule has 1 fully saturated rings. The SMILES string of the molecule is CNC(Cc1ccc(Br)s1)C(C)(C)N1CCOCC1. The second-order valence-corrected chi connectivity index (χ2v) is 8.05. The number of morpholine rings is 1. The molecule has 1 aromatic rings. The van der Waals surface area contributed by atoms with Crippen molar-refractivity contribution in [2.45, 2.75) is 31.8 Å². The minimum Gasteiger partial charge on any atom is -0.379 e. The molecule has 0 amide bonds. The van der Waals surface area contributed by atoms with Gasteiger partial charge in [0.2, 0.25) is 0 Å². The predicted octanol–water partition coefficient (Wildman–Crippen LogP) is 2.75. The van der Waals surface area contributed by atoms with Gasteiger partial charge in [-0.25, -0.2) is 0 Å². The summed E-state index contributed by atoms with van der Waals surface area (Å²) in [6.07, 6.45) is 1.07. The van der Waals surface area contributed by atoms with Crippen molar-refractivity contribution in [3.05, 3.63) is 20.8 Å². The summed E-state index contributed by atoms with van der Waals surface area (Å²) in [6.45, 7) is 8.43. The van der Waals surface area contributed by atoms with Crippen LogP contribution in [0.5, 0.6) is 0 Å². The average Bonchev–Trinajstić information content (AvgIpc) is 2.82. The Hall–Kier alpha value is 0.0600. The van der Waals surface area contributed by atoms with E-state index in [0.717, 1.165) is 32.7 Å². The zero-order valence-electron chi connectivity index (χ0n) is 11.9. The third-order valence-corrected chi connectivity index (χ3v) is 5.71. The van der Waals surface area contributed by atoms with Gasteiger partial charge in [0.15, 0.2) is 0 Å². The number of nitrogens with one attached hydrogen (secondary N) is 1. The fraction of sp³-hybridized carbons (Fsp3) is 0.714. The van der Waals surface area contributed by atoms with Crippen LogP contribution in [0.1, 0.15) is 18.7 Å². The number of rotatable bonds is 5. The van der Waals surface area contributed by atoms with Crippen LogP contribution in [-0.2, 0) is 11.2 Å². The van der Waals surface area contributed by atoms with Crippen LogP contribution in [0.2, 0.25) is 0 Å². The van der Waals surface area contributed by atoms with Gasteiger partial charge < -0.3 is 10.1 Å². The molecule has 1 aliphatic heterocycles. The molecule has 0 bridgehead atoms. The first kappa shape index (κ1) is 15.4. The highest BCUT2D eigenvalue weighted by Crippen LogP contribution is 2.27. The molecule has 2 heterocycles. The van der Waals surface area contributed by atoms with Gasteiger partial charge in [0.25, 0.3) is 0 Å². The van der Waals surface area contributed by atoms with E-state index < -0.39 is 0 Å². The van der Waals surface area contributed by atoms with Crippen LogP contribution in [0.4, 0.5) is 0 Å². The summed E-state index contributed by atoms with van der Waals surface area (Å²) in [7, 11) is 2.06. The molecule has 0 spiro atoms. The van der Waals surface area contributed by atoms with Crippen molar-refractivity contribution < 1.29 is 4.74 Å². The Kier molecular flexibility index (Phi) is 5.43. The summed E-state index contributed by atoms with van der Waals surface area (Å²) in [5, 5.41) is 3.51. The van der Waals surface area contributed by atoms with E-state index in [4.69, 9.17) is 4.74 Å². The smallest absolute Gasteiger partial charge is 0.0701 e. The number of nitrogens with zero attached hydrogens (tertiary/aromatic N) is 1. The van der Waals surface area contributed by atoms with Gasteiger partial charge in [-0.3, -0.25) is 4.90 Å². The normalized spacial score (nSPS) is 19.6. The Labute approximate surface area is 128 Å². The van der Waals surface area contributed by atoms with Crippen LogP contribution in [0, 0.1) is 0 Å². The number of hydrogen-bond donors (Lipinski definition) is 1. The second-order valence-electron chi connectivity index (χ2n) is 5.50. The van der Waals surface area contributed by atoms with Crippen molar-refractivity contribution in [3.8, 4) is 0 Å². The zero-order valence-corrected chi connectivity index (χ0v) is 14.3. The van der Waals surface area contributed by atoms with E-state index in [0.29, 0.717) is 6.04 Å². The topological polar surface area (TPSA) is 24.5 Å². The van der Waals surface area contributed by atoms with Crippen LogP contribution < -0.4 is 5.32 Å². The highest BCUT2D eigenvalue weighted by molar-refractivity contribution is 9.11. The van der Waals surface area contributed by atoms with E-state index in [1.807, 2.05) is 11.3 Å². The lowest BCUT2D eigenvalue weighted by atomic mass is 9.89. The van der Waals surface area contributed by atoms with Gasteiger partial charge in [0, 0.05) is 29.5 Å². The largest absolute Gasteiger partial charge is 0.379 e. The Morgan fingerprint density at radius 2 is 2.11 bits per heavy atom. The number of halogens is 1. The molecule has 1 aromatic heterocycles. The summed E-state index contributed by atoms with van der Waals surface area (Å²) in [5.74, 6) is 0. The minimum atomic E-state index is 0.134. The lowest BCUT2D eigenvalue weighted by Gasteiger charge is -2.45.